The normalized spacial score (nSPS) is 11.2. The Morgan fingerprint density at radius 1 is 1.12 bits per heavy atom. The Labute approximate surface area is 155 Å². The molecule has 0 saturated carbocycles. The quantitative estimate of drug-likeness (QED) is 0.512. The van der Waals surface area contributed by atoms with Crippen molar-refractivity contribution in [1.29, 1.82) is 0 Å². The minimum absolute atomic E-state index is 0.264. The smallest absolute Gasteiger partial charge is 0.195 e. The average molecular weight is 369 g/mol. The lowest BCUT2D eigenvalue weighted by atomic mass is 10.2. The number of guanidine groups is 1. The Bertz CT molecular complexity index is 873. The monoisotopic (exact) mass is 369 g/mol. The second-order valence-corrected chi connectivity index (χ2v) is 6.08. The van der Waals surface area contributed by atoms with Crippen LogP contribution in [0.1, 0.15) is 5.56 Å². The number of benzene rings is 1. The van der Waals surface area contributed by atoms with Gasteiger partial charge in [-0.2, -0.15) is 0 Å². The molecule has 0 amide bonds. The summed E-state index contributed by atoms with van der Waals surface area (Å²) < 4.78 is 10.7. The van der Waals surface area contributed by atoms with Gasteiger partial charge in [0.2, 0.25) is 0 Å². The van der Waals surface area contributed by atoms with Crippen LogP contribution < -0.4 is 20.5 Å². The highest BCUT2D eigenvalue weighted by atomic mass is 32.1. The molecule has 0 radical (unpaired) electrons. The van der Waals surface area contributed by atoms with Crippen molar-refractivity contribution in [2.45, 2.75) is 6.54 Å². The maximum atomic E-state index is 5.99. The predicted molar refractivity (Wildman–Crippen MR) is 104 cm³/mol. The number of pyridine rings is 1. The second-order valence-electron chi connectivity index (χ2n) is 5.22. The zero-order valence-corrected chi connectivity index (χ0v) is 15.3. The Morgan fingerprint density at radius 3 is 2.54 bits per heavy atom. The van der Waals surface area contributed by atoms with Crippen LogP contribution in [0, 0.1) is 0 Å². The molecule has 8 heteroatoms. The van der Waals surface area contributed by atoms with E-state index in [0.717, 1.165) is 17.0 Å². The van der Waals surface area contributed by atoms with Gasteiger partial charge in [0.1, 0.15) is 17.2 Å². The molecule has 1 aromatic carbocycles. The van der Waals surface area contributed by atoms with Gasteiger partial charge in [-0.3, -0.25) is 4.98 Å². The number of aromatic nitrogens is 2. The maximum absolute atomic E-state index is 5.99. The predicted octanol–water partition coefficient (Wildman–Crippen LogP) is 3.15. The topological polar surface area (TPSA) is 94.7 Å². The van der Waals surface area contributed by atoms with E-state index in [9.17, 15) is 0 Å². The molecule has 7 nitrogen and oxygen atoms in total. The van der Waals surface area contributed by atoms with Gasteiger partial charge in [0.15, 0.2) is 11.1 Å². The molecule has 3 N–H and O–H groups in total. The number of nitrogens with two attached hydrogens (primary N) is 1. The number of nitrogens with zero attached hydrogens (tertiary/aromatic N) is 3. The molecule has 0 bridgehead atoms. The fraction of sp³-hybridized carbons (Fsp3) is 0.167. The summed E-state index contributed by atoms with van der Waals surface area (Å²) in [5, 5.41) is 5.57. The van der Waals surface area contributed by atoms with E-state index < -0.39 is 0 Å². The number of ether oxygens (including phenoxy) is 2. The molecule has 2 heterocycles. The summed E-state index contributed by atoms with van der Waals surface area (Å²) in [4.78, 5) is 13.1. The Kier molecular flexibility index (Phi) is 5.65. The van der Waals surface area contributed by atoms with Crippen LogP contribution in [0.5, 0.6) is 11.5 Å². The van der Waals surface area contributed by atoms with Crippen LogP contribution in [0.3, 0.4) is 0 Å². The Morgan fingerprint density at radius 2 is 1.88 bits per heavy atom. The van der Waals surface area contributed by atoms with E-state index >= 15 is 0 Å². The third-order valence-electron chi connectivity index (χ3n) is 3.60. The lowest BCUT2D eigenvalue weighted by molar-refractivity contribution is 0.385. The first-order valence-electron chi connectivity index (χ1n) is 7.85. The summed E-state index contributed by atoms with van der Waals surface area (Å²) in [7, 11) is 3.22. The number of hydrogen-bond acceptors (Lipinski definition) is 6. The summed E-state index contributed by atoms with van der Waals surface area (Å²) in [6.07, 6.45) is 1.73. The molecule has 0 saturated heterocycles. The van der Waals surface area contributed by atoms with E-state index in [2.05, 4.69) is 20.3 Å². The molecule has 134 valence electrons. The fourth-order valence-electron chi connectivity index (χ4n) is 2.36. The maximum Gasteiger partial charge on any atom is 0.195 e. The van der Waals surface area contributed by atoms with E-state index in [1.54, 1.807) is 20.4 Å². The highest BCUT2D eigenvalue weighted by Gasteiger charge is 2.10. The van der Waals surface area contributed by atoms with Crippen LogP contribution in [-0.4, -0.2) is 30.1 Å². The molecule has 0 aliphatic heterocycles. The summed E-state index contributed by atoms with van der Waals surface area (Å²) in [6, 6.07) is 11.3. The first kappa shape index (κ1) is 17.7. The molecular formula is C18H19N5O2S. The molecule has 0 unspecified atom stereocenters. The second kappa shape index (κ2) is 8.30. The number of nitrogens with one attached hydrogen (secondary N) is 1. The van der Waals surface area contributed by atoms with E-state index in [0.29, 0.717) is 23.2 Å². The van der Waals surface area contributed by atoms with E-state index in [4.69, 9.17) is 15.2 Å². The molecule has 0 spiro atoms. The van der Waals surface area contributed by atoms with Crippen molar-refractivity contribution in [2.75, 3.05) is 19.5 Å². The fourth-order valence-corrected chi connectivity index (χ4v) is 3.07. The minimum atomic E-state index is 0.264. The van der Waals surface area contributed by atoms with E-state index in [1.807, 2.05) is 41.8 Å². The number of methoxy groups -OCH3 is 2. The van der Waals surface area contributed by atoms with Gasteiger partial charge in [-0.05, 0) is 24.3 Å². The molecule has 26 heavy (non-hydrogen) atoms. The summed E-state index contributed by atoms with van der Waals surface area (Å²) in [5.74, 6) is 1.67. The van der Waals surface area contributed by atoms with Crippen LogP contribution in [0.25, 0.3) is 11.4 Å². The first-order chi connectivity index (χ1) is 12.7. The largest absolute Gasteiger partial charge is 0.496 e. The van der Waals surface area contributed by atoms with Gasteiger partial charge in [-0.25, -0.2) is 9.98 Å². The summed E-state index contributed by atoms with van der Waals surface area (Å²) in [6.45, 7) is 0.324. The average Bonchev–Trinajstić information content (AvgIpc) is 3.15. The summed E-state index contributed by atoms with van der Waals surface area (Å²) in [5.41, 5.74) is 8.42. The highest BCUT2D eigenvalue weighted by Crippen LogP contribution is 2.29. The molecule has 0 fully saturated rings. The minimum Gasteiger partial charge on any atom is -0.496 e. The number of thiazole rings is 1. The van der Waals surface area contributed by atoms with E-state index in [1.165, 1.54) is 11.3 Å². The molecule has 0 aliphatic carbocycles. The van der Waals surface area contributed by atoms with Crippen LogP contribution >= 0.6 is 11.3 Å². The van der Waals surface area contributed by atoms with Crippen LogP contribution in [0.2, 0.25) is 0 Å². The third kappa shape index (κ3) is 4.09. The Hall–Kier alpha value is -3.13. The van der Waals surface area contributed by atoms with Crippen LogP contribution in [0.15, 0.2) is 53.0 Å². The van der Waals surface area contributed by atoms with Crippen molar-refractivity contribution in [3.05, 3.63) is 53.5 Å². The molecule has 3 rings (SSSR count). The van der Waals surface area contributed by atoms with Crippen molar-refractivity contribution in [1.82, 2.24) is 9.97 Å². The number of hydrogen-bond donors (Lipinski definition) is 2. The van der Waals surface area contributed by atoms with Gasteiger partial charge in [0.05, 0.1) is 32.0 Å². The van der Waals surface area contributed by atoms with Gasteiger partial charge in [-0.1, -0.05) is 12.1 Å². The molecule has 2 aromatic heterocycles. The first-order valence-corrected chi connectivity index (χ1v) is 8.73. The molecule has 0 aliphatic rings. The van der Waals surface area contributed by atoms with Gasteiger partial charge >= 0.3 is 0 Å². The highest BCUT2D eigenvalue weighted by molar-refractivity contribution is 7.14. The van der Waals surface area contributed by atoms with Crippen molar-refractivity contribution < 1.29 is 9.47 Å². The van der Waals surface area contributed by atoms with Crippen LogP contribution in [0.4, 0.5) is 5.13 Å². The molecule has 0 atom stereocenters. The molecular weight excluding hydrogens is 350 g/mol. The van der Waals surface area contributed by atoms with Crippen LogP contribution in [-0.2, 0) is 6.54 Å². The van der Waals surface area contributed by atoms with E-state index in [-0.39, 0.29) is 5.96 Å². The van der Waals surface area contributed by atoms with Gasteiger partial charge in [-0.15, -0.1) is 11.3 Å². The van der Waals surface area contributed by atoms with Gasteiger partial charge < -0.3 is 20.5 Å². The standard InChI is InChI=1S/C18H19N5O2S/c1-24-15-7-5-8-16(25-2)12(15)10-21-17(19)23-18-22-14(11-26-18)13-6-3-4-9-20-13/h3-9,11H,10H2,1-2H3,(H3,19,21,22,23). The zero-order valence-electron chi connectivity index (χ0n) is 14.5. The lowest BCUT2D eigenvalue weighted by Gasteiger charge is -2.11. The van der Waals surface area contributed by atoms with Crippen molar-refractivity contribution in [3.8, 4) is 22.9 Å². The number of rotatable bonds is 6. The summed E-state index contributed by atoms with van der Waals surface area (Å²) >= 11 is 1.44. The SMILES string of the molecule is COc1cccc(OC)c1CN=C(N)Nc1nc(-c2ccccn2)cs1. The third-order valence-corrected chi connectivity index (χ3v) is 4.36. The lowest BCUT2D eigenvalue weighted by Crippen LogP contribution is -2.22. The Balaban J connectivity index is 1.71. The molecule has 3 aromatic rings. The zero-order chi connectivity index (χ0) is 18.4. The van der Waals surface area contributed by atoms with Gasteiger partial charge in [0.25, 0.3) is 0 Å². The van der Waals surface area contributed by atoms with Crippen molar-refractivity contribution in [3.63, 3.8) is 0 Å². The van der Waals surface area contributed by atoms with Crippen molar-refractivity contribution >= 4 is 22.4 Å². The van der Waals surface area contributed by atoms with Crippen molar-refractivity contribution in [2.24, 2.45) is 10.7 Å². The van der Waals surface area contributed by atoms with Gasteiger partial charge in [0, 0.05) is 11.6 Å². The number of anilines is 1. The number of aliphatic imine (C=N–C) groups is 1.